The van der Waals surface area contributed by atoms with Gasteiger partial charge in [-0.2, -0.15) is 0 Å². The van der Waals surface area contributed by atoms with Gasteiger partial charge in [-0.3, -0.25) is 0 Å². The number of benzene rings is 1. The van der Waals surface area contributed by atoms with Crippen molar-refractivity contribution in [1.29, 1.82) is 0 Å². The van der Waals surface area contributed by atoms with Gasteiger partial charge < -0.3 is 10.1 Å². The molecule has 1 fully saturated rings. The Morgan fingerprint density at radius 3 is 2.81 bits per heavy atom. The molecule has 0 aromatic heterocycles. The van der Waals surface area contributed by atoms with Crippen molar-refractivity contribution < 1.29 is 4.74 Å². The van der Waals surface area contributed by atoms with Crippen molar-refractivity contribution in [3.8, 4) is 5.75 Å². The lowest BCUT2D eigenvalue weighted by Crippen LogP contribution is -2.15. The number of rotatable bonds is 5. The van der Waals surface area contributed by atoms with Gasteiger partial charge in [0.2, 0.25) is 0 Å². The second-order valence-electron chi connectivity index (χ2n) is 4.57. The molecule has 1 aliphatic carbocycles. The molecule has 0 heterocycles. The molecule has 1 aliphatic rings. The maximum Gasteiger partial charge on any atom is 0.120 e. The smallest absolute Gasteiger partial charge is 0.120 e. The fourth-order valence-electron chi connectivity index (χ4n) is 1.57. The molecule has 0 bridgehead atoms. The van der Waals surface area contributed by atoms with Crippen molar-refractivity contribution >= 4 is 15.9 Å². The van der Waals surface area contributed by atoms with Crippen LogP contribution in [0.4, 0.5) is 0 Å². The molecule has 0 saturated heterocycles. The van der Waals surface area contributed by atoms with Crippen molar-refractivity contribution in [3.05, 3.63) is 28.2 Å². The Morgan fingerprint density at radius 2 is 2.19 bits per heavy atom. The first-order valence-electron chi connectivity index (χ1n) is 5.83. The van der Waals surface area contributed by atoms with E-state index in [0.717, 1.165) is 22.8 Å². The van der Waals surface area contributed by atoms with Gasteiger partial charge in [-0.05, 0) is 50.5 Å². The van der Waals surface area contributed by atoms with Crippen LogP contribution in [0, 0.1) is 0 Å². The van der Waals surface area contributed by atoms with E-state index in [1.54, 1.807) is 0 Å². The molecular formula is C13H18BrNO. The van der Waals surface area contributed by atoms with Crippen molar-refractivity contribution in [1.82, 2.24) is 5.32 Å². The third-order valence-corrected chi connectivity index (χ3v) is 3.32. The summed E-state index contributed by atoms with van der Waals surface area (Å²) < 4.78 is 6.83. The van der Waals surface area contributed by atoms with Crippen LogP contribution in [0.3, 0.4) is 0 Å². The van der Waals surface area contributed by atoms with Crippen molar-refractivity contribution in [3.63, 3.8) is 0 Å². The van der Waals surface area contributed by atoms with Crippen LogP contribution >= 0.6 is 15.9 Å². The van der Waals surface area contributed by atoms with Gasteiger partial charge in [0.05, 0.1) is 6.10 Å². The molecule has 2 nitrogen and oxygen atoms in total. The minimum absolute atomic E-state index is 0.227. The van der Waals surface area contributed by atoms with E-state index in [0.29, 0.717) is 0 Å². The minimum atomic E-state index is 0.227. The van der Waals surface area contributed by atoms with E-state index in [-0.39, 0.29) is 6.10 Å². The molecule has 0 atom stereocenters. The van der Waals surface area contributed by atoms with Gasteiger partial charge in [-0.15, -0.1) is 0 Å². The van der Waals surface area contributed by atoms with Crippen molar-refractivity contribution in [2.45, 2.75) is 45.4 Å². The van der Waals surface area contributed by atoms with Crippen LogP contribution in [0.15, 0.2) is 22.7 Å². The molecule has 0 unspecified atom stereocenters. The zero-order valence-corrected chi connectivity index (χ0v) is 11.4. The van der Waals surface area contributed by atoms with Gasteiger partial charge >= 0.3 is 0 Å². The molecule has 1 aromatic rings. The van der Waals surface area contributed by atoms with Crippen LogP contribution in [0.5, 0.6) is 5.75 Å². The highest BCUT2D eigenvalue weighted by Crippen LogP contribution is 2.25. The molecule has 16 heavy (non-hydrogen) atoms. The van der Waals surface area contributed by atoms with E-state index >= 15 is 0 Å². The summed E-state index contributed by atoms with van der Waals surface area (Å²) in [5.74, 6) is 0.950. The van der Waals surface area contributed by atoms with Crippen molar-refractivity contribution in [2.75, 3.05) is 0 Å². The Kier molecular flexibility index (Phi) is 3.87. The predicted molar refractivity (Wildman–Crippen MR) is 69.8 cm³/mol. The zero-order valence-electron chi connectivity index (χ0n) is 9.79. The lowest BCUT2D eigenvalue weighted by molar-refractivity contribution is 0.242. The number of nitrogens with one attached hydrogen (secondary N) is 1. The number of hydrogen-bond donors (Lipinski definition) is 1. The first-order valence-corrected chi connectivity index (χ1v) is 6.63. The van der Waals surface area contributed by atoms with E-state index in [1.807, 2.05) is 19.9 Å². The molecule has 88 valence electrons. The SMILES string of the molecule is CC(C)Oc1ccc(Br)c(CNC2CC2)c1. The average Bonchev–Trinajstić information content (AvgIpc) is 3.02. The molecule has 2 rings (SSSR count). The summed E-state index contributed by atoms with van der Waals surface area (Å²) in [5, 5.41) is 3.51. The first-order chi connectivity index (χ1) is 7.65. The quantitative estimate of drug-likeness (QED) is 0.893. The highest BCUT2D eigenvalue weighted by Gasteiger charge is 2.20. The van der Waals surface area contributed by atoms with Crippen LogP contribution in [-0.4, -0.2) is 12.1 Å². The van der Waals surface area contributed by atoms with Crippen LogP contribution in [0.2, 0.25) is 0 Å². The van der Waals surface area contributed by atoms with E-state index in [1.165, 1.54) is 18.4 Å². The molecule has 0 spiro atoms. The lowest BCUT2D eigenvalue weighted by Gasteiger charge is -2.12. The maximum absolute atomic E-state index is 5.68. The number of hydrogen-bond acceptors (Lipinski definition) is 2. The zero-order chi connectivity index (χ0) is 11.5. The average molecular weight is 284 g/mol. The van der Waals surface area contributed by atoms with Gasteiger partial charge in [0.1, 0.15) is 5.75 Å². The van der Waals surface area contributed by atoms with E-state index < -0.39 is 0 Å². The predicted octanol–water partition coefficient (Wildman–Crippen LogP) is 3.49. The van der Waals surface area contributed by atoms with E-state index in [4.69, 9.17) is 4.74 Å². The molecule has 1 saturated carbocycles. The number of ether oxygens (including phenoxy) is 1. The molecular weight excluding hydrogens is 266 g/mol. The summed E-state index contributed by atoms with van der Waals surface area (Å²) in [5.41, 5.74) is 1.27. The highest BCUT2D eigenvalue weighted by molar-refractivity contribution is 9.10. The summed E-state index contributed by atoms with van der Waals surface area (Å²) in [6.07, 6.45) is 2.87. The standard InChI is InChI=1S/C13H18BrNO/c1-9(2)16-12-5-6-13(14)10(7-12)8-15-11-3-4-11/h5-7,9,11,15H,3-4,8H2,1-2H3. The van der Waals surface area contributed by atoms with Gasteiger partial charge in [0.25, 0.3) is 0 Å². The molecule has 0 amide bonds. The third-order valence-electron chi connectivity index (χ3n) is 2.55. The van der Waals surface area contributed by atoms with Gasteiger partial charge in [0, 0.05) is 17.1 Å². The topological polar surface area (TPSA) is 21.3 Å². The van der Waals surface area contributed by atoms with Crippen LogP contribution in [0.25, 0.3) is 0 Å². The van der Waals surface area contributed by atoms with Crippen molar-refractivity contribution in [2.24, 2.45) is 0 Å². The largest absolute Gasteiger partial charge is 0.491 e. The molecule has 3 heteroatoms. The summed E-state index contributed by atoms with van der Waals surface area (Å²) in [6, 6.07) is 6.91. The second-order valence-corrected chi connectivity index (χ2v) is 5.43. The molecule has 0 aliphatic heterocycles. The Morgan fingerprint density at radius 1 is 1.44 bits per heavy atom. The monoisotopic (exact) mass is 283 g/mol. The Labute approximate surface area is 106 Å². The van der Waals surface area contributed by atoms with Crippen LogP contribution < -0.4 is 10.1 Å². The maximum atomic E-state index is 5.68. The summed E-state index contributed by atoms with van der Waals surface area (Å²) in [4.78, 5) is 0. The Bertz CT molecular complexity index is 361. The van der Waals surface area contributed by atoms with Gasteiger partial charge in [-0.25, -0.2) is 0 Å². The first kappa shape index (κ1) is 11.9. The Hall–Kier alpha value is -0.540. The Balaban J connectivity index is 2.02. The summed E-state index contributed by atoms with van der Waals surface area (Å²) in [7, 11) is 0. The second kappa shape index (κ2) is 5.19. The third kappa shape index (κ3) is 3.49. The van der Waals surface area contributed by atoms with Crippen LogP contribution in [0.1, 0.15) is 32.3 Å². The summed E-state index contributed by atoms with van der Waals surface area (Å²) >= 11 is 3.57. The van der Waals surface area contributed by atoms with E-state index in [2.05, 4.69) is 33.4 Å². The van der Waals surface area contributed by atoms with Crippen LogP contribution in [-0.2, 0) is 6.54 Å². The minimum Gasteiger partial charge on any atom is -0.491 e. The molecule has 1 aromatic carbocycles. The fourth-order valence-corrected chi connectivity index (χ4v) is 1.96. The fraction of sp³-hybridized carbons (Fsp3) is 0.538. The normalized spacial score (nSPS) is 15.5. The highest BCUT2D eigenvalue weighted by atomic mass is 79.9. The summed E-state index contributed by atoms with van der Waals surface area (Å²) in [6.45, 7) is 5.01. The van der Waals surface area contributed by atoms with E-state index in [9.17, 15) is 0 Å². The molecule has 0 radical (unpaired) electrons. The van der Waals surface area contributed by atoms with Gasteiger partial charge in [0.15, 0.2) is 0 Å². The van der Waals surface area contributed by atoms with Gasteiger partial charge in [-0.1, -0.05) is 15.9 Å². The number of halogens is 1. The molecule has 1 N–H and O–H groups in total. The lowest BCUT2D eigenvalue weighted by atomic mass is 10.2.